The predicted octanol–water partition coefficient (Wildman–Crippen LogP) is 17.5. The van der Waals surface area contributed by atoms with Gasteiger partial charge < -0.3 is 5.11 Å². The second-order valence-corrected chi connectivity index (χ2v) is 20.6. The summed E-state index contributed by atoms with van der Waals surface area (Å²) in [4.78, 5) is 10.3. The van der Waals surface area contributed by atoms with Crippen LogP contribution in [0.2, 0.25) is 0 Å². The molecule has 68 heavy (non-hydrogen) atoms. The number of aromatic nitrogens is 3. The molecule has 1 N–H and O–H groups in total. The first-order valence-electron chi connectivity index (χ1n) is 29.0. The average Bonchev–Trinajstić information content (AvgIpc) is 3.71. The summed E-state index contributed by atoms with van der Waals surface area (Å²) >= 11 is 0. The summed E-state index contributed by atoms with van der Waals surface area (Å²) < 4.78 is 104. The molecule has 0 radical (unpaired) electrons. The number of phenolic OH excluding ortho intramolecular Hbond substituents is 1. The Bertz CT molecular complexity index is 3580. The fourth-order valence-corrected chi connectivity index (χ4v) is 8.88. The van der Waals surface area contributed by atoms with E-state index in [1.807, 2.05) is 73.0 Å². The van der Waals surface area contributed by atoms with Crippen molar-refractivity contribution in [3.8, 4) is 67.5 Å². The number of fused-ring (bicyclic) bond motifs is 1. The van der Waals surface area contributed by atoms with E-state index in [1.54, 1.807) is 52.1 Å². The zero-order chi connectivity index (χ0) is 58.6. The second-order valence-electron chi connectivity index (χ2n) is 20.6. The van der Waals surface area contributed by atoms with Gasteiger partial charge in [-0.1, -0.05) is 194 Å². The Balaban J connectivity index is 0.00000924. The molecule has 0 amide bonds. The van der Waals surface area contributed by atoms with E-state index < -0.39 is 43.7 Å². The van der Waals surface area contributed by atoms with Crippen LogP contribution < -0.4 is 0 Å². The Morgan fingerprint density at radius 2 is 1.26 bits per heavy atom. The summed E-state index contributed by atoms with van der Waals surface area (Å²) in [7, 11) is 0. The molecule has 2 aromatic heterocycles. The number of nitrogens with zero attached hydrogens (tertiary/aromatic N) is 3. The van der Waals surface area contributed by atoms with Crippen molar-refractivity contribution in [3.63, 3.8) is 0 Å². The third-order valence-electron chi connectivity index (χ3n) is 12.7. The van der Waals surface area contributed by atoms with Crippen LogP contribution in [0, 0.1) is 6.07 Å². The van der Waals surface area contributed by atoms with Crippen molar-refractivity contribution in [2.75, 3.05) is 0 Å². The van der Waals surface area contributed by atoms with E-state index in [0.29, 0.717) is 72.7 Å². The number of rotatable bonds is 9. The van der Waals surface area contributed by atoms with Crippen molar-refractivity contribution in [3.05, 3.63) is 167 Å². The van der Waals surface area contributed by atoms with E-state index in [4.69, 9.17) is 22.3 Å². The van der Waals surface area contributed by atoms with Crippen LogP contribution in [-0.2, 0) is 37.3 Å². The van der Waals surface area contributed by atoms with Crippen LogP contribution in [0.15, 0.2) is 128 Å². The molecule has 8 aromatic rings. The maximum absolute atomic E-state index is 12.4. The number of phenols is 1. The molecule has 0 unspecified atom stereocenters. The van der Waals surface area contributed by atoms with Crippen LogP contribution in [0.3, 0.4) is 0 Å². The normalized spacial score (nSPS) is 16.0. The minimum absolute atomic E-state index is 0. The van der Waals surface area contributed by atoms with E-state index in [1.165, 1.54) is 24.3 Å². The van der Waals surface area contributed by atoms with Gasteiger partial charge in [-0.05, 0) is 114 Å². The molecule has 0 saturated carbocycles. The smallest absolute Gasteiger partial charge is 0.148 e. The molecule has 0 spiro atoms. The number of hydrogen-bond donors (Lipinski definition) is 1. The quantitative estimate of drug-likeness (QED) is 0.147. The zero-order valence-electron chi connectivity index (χ0n) is 53.2. The van der Waals surface area contributed by atoms with Crippen molar-refractivity contribution in [1.29, 1.82) is 0 Å². The van der Waals surface area contributed by atoms with Crippen LogP contribution in [0.25, 0.3) is 72.7 Å². The van der Waals surface area contributed by atoms with E-state index in [2.05, 4.69) is 71.9 Å². The first-order valence-corrected chi connectivity index (χ1v) is 23.0. The molecule has 0 fully saturated rings. The largest absolute Gasteiger partial charge is 0.507 e. The fourth-order valence-electron chi connectivity index (χ4n) is 8.88. The van der Waals surface area contributed by atoms with Gasteiger partial charge in [-0.3, -0.25) is 9.55 Å². The van der Waals surface area contributed by atoms with Crippen molar-refractivity contribution in [2.45, 2.75) is 138 Å². The first-order chi connectivity index (χ1) is 36.2. The Labute approximate surface area is 438 Å². The number of pyridine rings is 1. The molecule has 2 heterocycles. The van der Waals surface area contributed by atoms with E-state index in [-0.39, 0.29) is 43.2 Å². The molecule has 5 heteroatoms. The average molecular weight is 1090 g/mol. The zero-order valence-corrected chi connectivity index (χ0v) is 43.5. The third-order valence-corrected chi connectivity index (χ3v) is 12.7. The first kappa shape index (κ1) is 36.4. The van der Waals surface area contributed by atoms with Gasteiger partial charge in [0.1, 0.15) is 11.6 Å². The summed E-state index contributed by atoms with van der Waals surface area (Å²) in [6.45, 7) is 13.4. The monoisotopic (exact) mass is 1090 g/mol. The van der Waals surface area contributed by atoms with Gasteiger partial charge in [0.2, 0.25) is 0 Å². The van der Waals surface area contributed by atoms with Crippen LogP contribution in [0.5, 0.6) is 5.75 Å². The Kier molecular flexibility index (Phi) is 10.2. The van der Waals surface area contributed by atoms with Crippen molar-refractivity contribution in [2.24, 2.45) is 0 Å². The molecule has 0 aliphatic rings. The Hall–Kier alpha value is -5.57. The van der Waals surface area contributed by atoms with E-state index >= 15 is 0 Å². The Morgan fingerprint density at radius 3 is 1.91 bits per heavy atom. The second kappa shape index (κ2) is 19.1. The minimum Gasteiger partial charge on any atom is -0.507 e. The number of benzene rings is 6. The van der Waals surface area contributed by atoms with Gasteiger partial charge in [-0.25, -0.2) is 4.98 Å². The number of para-hydroxylation sites is 1. The summed E-state index contributed by atoms with van der Waals surface area (Å²) in [5.41, 5.74) is 7.81. The molecule has 4 nitrogen and oxygen atoms in total. The third kappa shape index (κ3) is 9.95. The van der Waals surface area contributed by atoms with Gasteiger partial charge in [-0.15, -0.1) is 29.3 Å². The maximum atomic E-state index is 12.4. The fraction of sp³-hybridized carbons (Fsp3) is 0.333. The summed E-state index contributed by atoms with van der Waals surface area (Å²) in [5, 5.41) is 12.4. The molecular formula is C63H70N3OPt-. The molecule has 0 saturated heterocycles. The SMILES string of the molecule is [2H]C(C)(C)c1cc(-c2nc3c(-c4[c-]c(-c5cc(-c6ccc(C(C([2H])([2H])[2H])(C([2H])([2H])[2H])C([2H])([2H])[2H])cc6)ccn5)cc(C(C)(C)C)c4)cccc3n2-c2ccc(-c3ccccc3C(C)(C)C)c(C([2H])(C)C)c2)c(O)c(C([2H])(C)C)c1.[Pt]. The molecule has 354 valence electrons. The molecule has 6 aromatic carbocycles. The molecule has 8 rings (SSSR count). The van der Waals surface area contributed by atoms with Gasteiger partial charge in [0.15, 0.2) is 0 Å². The van der Waals surface area contributed by atoms with E-state index in [9.17, 15) is 9.22 Å². The summed E-state index contributed by atoms with van der Waals surface area (Å²) in [6, 6.07) is 40.8. The number of imidazole rings is 1. The summed E-state index contributed by atoms with van der Waals surface area (Å²) in [5.74, 6) is -3.21. The van der Waals surface area contributed by atoms with Crippen molar-refractivity contribution < 1.29 is 42.6 Å². The van der Waals surface area contributed by atoms with E-state index in [0.717, 1.165) is 27.8 Å². The van der Waals surface area contributed by atoms with Gasteiger partial charge in [0.05, 0.1) is 16.6 Å². The van der Waals surface area contributed by atoms with Gasteiger partial charge in [0, 0.05) is 55.1 Å². The molecule has 0 aliphatic heterocycles. The Morgan fingerprint density at radius 1 is 0.588 bits per heavy atom. The molecule has 0 bridgehead atoms. The number of hydrogen-bond acceptors (Lipinski definition) is 3. The van der Waals surface area contributed by atoms with Gasteiger partial charge in [0.25, 0.3) is 0 Å². The van der Waals surface area contributed by atoms with Crippen LogP contribution >= 0.6 is 0 Å². The van der Waals surface area contributed by atoms with Crippen molar-refractivity contribution in [1.82, 2.24) is 14.5 Å². The van der Waals surface area contributed by atoms with Crippen LogP contribution in [0.1, 0.15) is 171 Å². The van der Waals surface area contributed by atoms with Crippen molar-refractivity contribution >= 4 is 11.0 Å². The van der Waals surface area contributed by atoms with Crippen LogP contribution in [0.4, 0.5) is 0 Å². The topological polar surface area (TPSA) is 50.9 Å². The molecule has 0 aliphatic carbocycles. The van der Waals surface area contributed by atoms with Gasteiger partial charge >= 0.3 is 0 Å². The maximum Gasteiger partial charge on any atom is 0.148 e. The minimum atomic E-state index is -3.40. The van der Waals surface area contributed by atoms with Crippen LogP contribution in [-0.4, -0.2) is 19.6 Å². The predicted molar refractivity (Wildman–Crippen MR) is 285 cm³/mol. The molecule has 0 atom stereocenters. The van der Waals surface area contributed by atoms with Gasteiger partial charge in [-0.2, -0.15) is 0 Å². The molecular weight excluding hydrogens is 1010 g/mol. The number of aromatic hydroxyl groups is 1. The standard InChI is InChI=1S/C63H70N3O.Pt/c1-38(2)43-34-53(40(5)6)59(67)54(35-43)60-65-58-49(20-18-22-57(58)66(60)48-27-28-50(52(37-48)39(3)4)51-19-16-17-21-55(51)63(13,14)15)44-31-45(33-47(32-44)62(10,11)12)56-36-42(29-30-64-56)41-23-25-46(26-24-41)61(7,8)9;/h16-30,32-40,67H,1-15H3;/q-1;/i7D3,8D3,9D3,38D,39D,40D;. The summed E-state index contributed by atoms with van der Waals surface area (Å²) in [6.07, 6.45) is 1.63.